The van der Waals surface area contributed by atoms with E-state index in [0.717, 1.165) is 22.4 Å². The third-order valence-corrected chi connectivity index (χ3v) is 3.53. The molecule has 0 atom stereocenters. The molecule has 0 N–H and O–H groups in total. The normalized spacial score (nSPS) is 11.4. The van der Waals surface area contributed by atoms with Crippen molar-refractivity contribution in [3.05, 3.63) is 54.1 Å². The van der Waals surface area contributed by atoms with Crippen molar-refractivity contribution >= 4 is 10.0 Å². The maximum Gasteiger partial charge on any atom is 0.126 e. The summed E-state index contributed by atoms with van der Waals surface area (Å²) in [5, 5.41) is 3.38. The molecule has 0 saturated heterocycles. The predicted octanol–water partition coefficient (Wildman–Crippen LogP) is 4.37. The van der Waals surface area contributed by atoms with Crippen LogP contribution in [0.5, 0.6) is 5.75 Å². The summed E-state index contributed by atoms with van der Waals surface area (Å²) in [6.07, 6.45) is 6.60. The van der Waals surface area contributed by atoms with E-state index in [0.29, 0.717) is 0 Å². The highest BCUT2D eigenvalue weighted by atomic mass is 32.3. The van der Waals surface area contributed by atoms with Crippen molar-refractivity contribution in [1.29, 1.82) is 0 Å². The molecule has 2 aromatic rings. The van der Waals surface area contributed by atoms with Crippen molar-refractivity contribution in [3.63, 3.8) is 0 Å². The highest BCUT2D eigenvalue weighted by Gasteiger charge is 2.08. The Kier molecular flexibility index (Phi) is 4.42. The van der Waals surface area contributed by atoms with Gasteiger partial charge in [-0.05, 0) is 36.2 Å². The van der Waals surface area contributed by atoms with E-state index in [2.05, 4.69) is 48.1 Å². The van der Waals surface area contributed by atoms with Gasteiger partial charge in [0.1, 0.15) is 5.75 Å². The van der Waals surface area contributed by atoms with Gasteiger partial charge in [-0.15, -0.1) is 0 Å². The molecule has 0 amide bonds. The standard InChI is InChI=1S/C18H20OS/c1-19-18-12-8-7-11-17(18)16-10-6-5-9-15(16)13-14-20(2,3)4/h5-12H,1-4H3. The van der Waals surface area contributed by atoms with Crippen LogP contribution >= 0.6 is 10.0 Å². The van der Waals surface area contributed by atoms with Crippen molar-refractivity contribution in [2.75, 3.05) is 25.9 Å². The van der Waals surface area contributed by atoms with Gasteiger partial charge in [-0.3, -0.25) is 0 Å². The van der Waals surface area contributed by atoms with Crippen molar-refractivity contribution in [2.45, 2.75) is 0 Å². The van der Waals surface area contributed by atoms with E-state index < -0.39 is 10.0 Å². The number of para-hydroxylation sites is 1. The molecule has 0 heterocycles. The quantitative estimate of drug-likeness (QED) is 0.744. The van der Waals surface area contributed by atoms with Gasteiger partial charge in [-0.2, -0.15) is 10.0 Å². The lowest BCUT2D eigenvalue weighted by atomic mass is 9.99. The van der Waals surface area contributed by atoms with Crippen LogP contribution in [0.2, 0.25) is 0 Å². The number of rotatable bonds is 2. The van der Waals surface area contributed by atoms with Gasteiger partial charge in [-0.25, -0.2) is 0 Å². The highest BCUT2D eigenvalue weighted by Crippen LogP contribution is 2.34. The number of hydrogen-bond donors (Lipinski definition) is 0. The largest absolute Gasteiger partial charge is 0.496 e. The van der Waals surface area contributed by atoms with Crippen molar-refractivity contribution in [1.82, 2.24) is 0 Å². The zero-order chi connectivity index (χ0) is 14.6. The molecule has 2 aromatic carbocycles. The average molecular weight is 284 g/mol. The Morgan fingerprint density at radius 3 is 2.10 bits per heavy atom. The Labute approximate surface area is 123 Å². The second-order valence-electron chi connectivity index (χ2n) is 5.31. The van der Waals surface area contributed by atoms with Crippen LogP contribution in [0.3, 0.4) is 0 Å². The molecule has 0 spiro atoms. The molecule has 0 fully saturated rings. The summed E-state index contributed by atoms with van der Waals surface area (Å²) in [7, 11) is 0.872. The van der Waals surface area contributed by atoms with Crippen LogP contribution in [0, 0.1) is 11.2 Å². The van der Waals surface area contributed by atoms with E-state index in [9.17, 15) is 0 Å². The van der Waals surface area contributed by atoms with Gasteiger partial charge < -0.3 is 4.74 Å². The van der Waals surface area contributed by atoms with E-state index in [1.807, 2.05) is 30.3 Å². The summed E-state index contributed by atoms with van der Waals surface area (Å²) in [6.45, 7) is 0. The van der Waals surface area contributed by atoms with Crippen LogP contribution in [-0.4, -0.2) is 25.9 Å². The molecule has 104 valence electrons. The average Bonchev–Trinajstić information content (AvgIpc) is 2.44. The smallest absolute Gasteiger partial charge is 0.126 e. The molecule has 2 heteroatoms. The van der Waals surface area contributed by atoms with Gasteiger partial charge >= 0.3 is 0 Å². The maximum atomic E-state index is 5.46. The summed E-state index contributed by atoms with van der Waals surface area (Å²) in [4.78, 5) is 0. The minimum absolute atomic E-state index is 0.829. The zero-order valence-electron chi connectivity index (χ0n) is 12.4. The minimum atomic E-state index is -0.829. The minimum Gasteiger partial charge on any atom is -0.496 e. The maximum absolute atomic E-state index is 5.46. The van der Waals surface area contributed by atoms with E-state index in [1.54, 1.807) is 7.11 Å². The lowest BCUT2D eigenvalue weighted by molar-refractivity contribution is 0.416. The number of ether oxygens (including phenoxy) is 1. The molecule has 20 heavy (non-hydrogen) atoms. The first kappa shape index (κ1) is 14.6. The molecule has 1 nitrogen and oxygen atoms in total. The van der Waals surface area contributed by atoms with Gasteiger partial charge in [0.2, 0.25) is 0 Å². The van der Waals surface area contributed by atoms with Gasteiger partial charge in [-0.1, -0.05) is 42.3 Å². The summed E-state index contributed by atoms with van der Waals surface area (Å²) >= 11 is 0. The summed E-state index contributed by atoms with van der Waals surface area (Å²) < 4.78 is 5.46. The van der Waals surface area contributed by atoms with Crippen LogP contribution in [0.1, 0.15) is 5.56 Å². The fourth-order valence-corrected chi connectivity index (χ4v) is 2.32. The molecule has 0 unspecified atom stereocenters. The Morgan fingerprint density at radius 1 is 0.850 bits per heavy atom. The first-order valence-corrected chi connectivity index (χ1v) is 9.30. The molecule has 0 aliphatic rings. The highest BCUT2D eigenvalue weighted by molar-refractivity contribution is 8.35. The molecule has 0 aliphatic carbocycles. The molecule has 0 bridgehead atoms. The van der Waals surface area contributed by atoms with Crippen LogP contribution < -0.4 is 4.74 Å². The third-order valence-electron chi connectivity index (χ3n) is 2.82. The predicted molar refractivity (Wildman–Crippen MR) is 90.7 cm³/mol. The molecule has 0 radical (unpaired) electrons. The lowest BCUT2D eigenvalue weighted by Crippen LogP contribution is -1.91. The van der Waals surface area contributed by atoms with Crippen molar-refractivity contribution < 1.29 is 4.74 Å². The molecule has 0 aliphatic heterocycles. The summed E-state index contributed by atoms with van der Waals surface area (Å²) in [5.41, 5.74) is 3.27. The number of hydrogen-bond acceptors (Lipinski definition) is 1. The SMILES string of the molecule is COc1ccccc1-c1ccccc1C#CS(C)(C)C. The van der Waals surface area contributed by atoms with Gasteiger partial charge in [0.05, 0.1) is 7.11 Å². The van der Waals surface area contributed by atoms with Gasteiger partial charge in [0.25, 0.3) is 0 Å². The van der Waals surface area contributed by atoms with Crippen LogP contribution in [0.4, 0.5) is 0 Å². The Bertz CT molecular complexity index is 657. The molecular weight excluding hydrogens is 264 g/mol. The molecule has 0 aromatic heterocycles. The van der Waals surface area contributed by atoms with E-state index in [1.165, 1.54) is 0 Å². The fourth-order valence-electron chi connectivity index (χ4n) is 1.90. The number of benzene rings is 2. The van der Waals surface area contributed by atoms with E-state index >= 15 is 0 Å². The van der Waals surface area contributed by atoms with Gasteiger partial charge in [0.15, 0.2) is 0 Å². The van der Waals surface area contributed by atoms with Crippen LogP contribution in [0.25, 0.3) is 11.1 Å². The Hall–Kier alpha value is -1.85. The fraction of sp³-hybridized carbons (Fsp3) is 0.222. The van der Waals surface area contributed by atoms with E-state index in [-0.39, 0.29) is 0 Å². The van der Waals surface area contributed by atoms with Crippen LogP contribution in [-0.2, 0) is 0 Å². The monoisotopic (exact) mass is 284 g/mol. The third kappa shape index (κ3) is 3.59. The zero-order valence-corrected chi connectivity index (χ0v) is 13.3. The molecule has 0 saturated carbocycles. The first-order valence-electron chi connectivity index (χ1n) is 6.45. The second-order valence-corrected chi connectivity index (χ2v) is 9.19. The Balaban J connectivity index is 2.55. The lowest BCUT2D eigenvalue weighted by Gasteiger charge is -2.15. The molecule has 2 rings (SSSR count). The van der Waals surface area contributed by atoms with Crippen molar-refractivity contribution in [3.8, 4) is 28.0 Å². The topological polar surface area (TPSA) is 9.23 Å². The first-order chi connectivity index (χ1) is 9.51. The second kappa shape index (κ2) is 6.07. The number of methoxy groups -OCH3 is 1. The van der Waals surface area contributed by atoms with Crippen molar-refractivity contribution in [2.24, 2.45) is 0 Å². The van der Waals surface area contributed by atoms with Crippen LogP contribution in [0.15, 0.2) is 48.5 Å². The Morgan fingerprint density at radius 2 is 1.45 bits per heavy atom. The van der Waals surface area contributed by atoms with Gasteiger partial charge in [0, 0.05) is 16.7 Å². The summed E-state index contributed by atoms with van der Waals surface area (Å²) in [6, 6.07) is 16.3. The van der Waals surface area contributed by atoms with E-state index in [4.69, 9.17) is 4.74 Å². The molecular formula is C18H20OS. The summed E-state index contributed by atoms with van der Waals surface area (Å²) in [5.74, 6) is 4.21.